The normalized spacial score (nSPS) is 20.9. The summed E-state index contributed by atoms with van der Waals surface area (Å²) >= 11 is 0. The molecule has 2 aliphatic rings. The van der Waals surface area contributed by atoms with Crippen LogP contribution in [0.25, 0.3) is 0 Å². The highest BCUT2D eigenvalue weighted by Gasteiger charge is 2.36. The number of amides is 1. The highest BCUT2D eigenvalue weighted by molar-refractivity contribution is 7.89. The molecule has 8 nitrogen and oxygen atoms in total. The Morgan fingerprint density at radius 3 is 2.42 bits per heavy atom. The van der Waals surface area contributed by atoms with Crippen LogP contribution in [0.4, 0.5) is 5.69 Å². The molecule has 1 amide bonds. The number of para-hydroxylation sites is 1. The first-order chi connectivity index (χ1) is 14.9. The summed E-state index contributed by atoms with van der Waals surface area (Å²) in [6.45, 7) is 7.52. The zero-order chi connectivity index (χ0) is 22.0. The van der Waals surface area contributed by atoms with Crippen LogP contribution >= 0.6 is 0 Å². The first kappa shape index (κ1) is 21.8. The molecule has 9 heteroatoms. The SMILES string of the molecule is CC(C)n1cnc(S(=O)(=O)N2CCC[C@H](C(=O)N3CCN(c4ccccc4)CC3)C2)c1. The van der Waals surface area contributed by atoms with Crippen molar-refractivity contribution >= 4 is 21.6 Å². The van der Waals surface area contributed by atoms with Gasteiger partial charge in [0.25, 0.3) is 10.0 Å². The van der Waals surface area contributed by atoms with Gasteiger partial charge in [-0.05, 0) is 38.8 Å². The maximum Gasteiger partial charge on any atom is 0.262 e. The lowest BCUT2D eigenvalue weighted by Gasteiger charge is -2.39. The van der Waals surface area contributed by atoms with Crippen molar-refractivity contribution in [3.05, 3.63) is 42.9 Å². The fourth-order valence-electron chi connectivity index (χ4n) is 4.31. The fourth-order valence-corrected chi connectivity index (χ4v) is 5.76. The van der Waals surface area contributed by atoms with Crippen molar-refractivity contribution in [2.24, 2.45) is 5.92 Å². The Bertz CT molecular complexity index is 997. The Morgan fingerprint density at radius 2 is 1.77 bits per heavy atom. The van der Waals surface area contributed by atoms with Gasteiger partial charge in [0.2, 0.25) is 5.91 Å². The quantitative estimate of drug-likeness (QED) is 0.705. The number of anilines is 1. The zero-order valence-corrected chi connectivity index (χ0v) is 19.0. The second-order valence-corrected chi connectivity index (χ2v) is 10.5. The van der Waals surface area contributed by atoms with Gasteiger partial charge < -0.3 is 14.4 Å². The van der Waals surface area contributed by atoms with Gasteiger partial charge in [0.1, 0.15) is 0 Å². The molecule has 0 saturated carbocycles. The molecule has 0 spiro atoms. The van der Waals surface area contributed by atoms with Gasteiger partial charge in [-0.3, -0.25) is 4.79 Å². The molecule has 1 aromatic carbocycles. The molecule has 31 heavy (non-hydrogen) atoms. The second-order valence-electron chi connectivity index (χ2n) is 8.60. The van der Waals surface area contributed by atoms with E-state index in [0.717, 1.165) is 19.5 Å². The van der Waals surface area contributed by atoms with Gasteiger partial charge in [-0.25, -0.2) is 13.4 Å². The van der Waals surface area contributed by atoms with E-state index in [0.29, 0.717) is 26.1 Å². The van der Waals surface area contributed by atoms with Crippen molar-refractivity contribution < 1.29 is 13.2 Å². The first-order valence-electron chi connectivity index (χ1n) is 11.0. The summed E-state index contributed by atoms with van der Waals surface area (Å²) in [6.07, 6.45) is 4.54. The predicted octanol–water partition coefficient (Wildman–Crippen LogP) is 2.21. The van der Waals surface area contributed by atoms with Crippen molar-refractivity contribution in [2.75, 3.05) is 44.2 Å². The number of piperazine rings is 1. The van der Waals surface area contributed by atoms with E-state index in [1.165, 1.54) is 9.99 Å². The lowest BCUT2D eigenvalue weighted by Crippen LogP contribution is -2.53. The van der Waals surface area contributed by atoms with E-state index in [1.807, 2.05) is 36.9 Å². The number of carbonyl (C=O) groups is 1. The summed E-state index contributed by atoms with van der Waals surface area (Å²) in [5.74, 6) is -0.223. The number of aromatic nitrogens is 2. The highest BCUT2D eigenvalue weighted by atomic mass is 32.2. The Kier molecular flexibility index (Phi) is 6.34. The van der Waals surface area contributed by atoms with Crippen LogP contribution < -0.4 is 4.90 Å². The molecule has 0 bridgehead atoms. The summed E-state index contributed by atoms with van der Waals surface area (Å²) < 4.78 is 29.4. The minimum absolute atomic E-state index is 0.0609. The van der Waals surface area contributed by atoms with Crippen molar-refractivity contribution in [1.29, 1.82) is 0 Å². The lowest BCUT2D eigenvalue weighted by atomic mass is 9.97. The van der Waals surface area contributed by atoms with Gasteiger partial charge in [-0.1, -0.05) is 18.2 Å². The minimum Gasteiger partial charge on any atom is -0.368 e. The fraction of sp³-hybridized carbons (Fsp3) is 0.545. The van der Waals surface area contributed by atoms with Crippen LogP contribution in [0.1, 0.15) is 32.7 Å². The topological polar surface area (TPSA) is 78.8 Å². The Labute approximate surface area is 184 Å². The number of imidazole rings is 1. The van der Waals surface area contributed by atoms with Crippen LogP contribution in [0.3, 0.4) is 0 Å². The molecule has 2 fully saturated rings. The Balaban J connectivity index is 1.38. The molecule has 1 atom stereocenters. The number of hydrogen-bond acceptors (Lipinski definition) is 5. The number of carbonyl (C=O) groups excluding carboxylic acids is 1. The van der Waals surface area contributed by atoms with E-state index in [2.05, 4.69) is 22.0 Å². The standard InChI is InChI=1S/C22H31N5O3S/c1-18(2)26-16-21(23-17-26)31(29,30)27-10-6-7-19(15-27)22(28)25-13-11-24(12-14-25)20-8-4-3-5-9-20/h3-5,8-9,16-19H,6-7,10-15H2,1-2H3/t19-/m0/s1. The highest BCUT2D eigenvalue weighted by Crippen LogP contribution is 2.26. The molecule has 1 aromatic heterocycles. The van der Waals surface area contributed by atoms with Crippen molar-refractivity contribution in [3.8, 4) is 0 Å². The summed E-state index contributed by atoms with van der Waals surface area (Å²) in [5, 5.41) is 0.0609. The van der Waals surface area contributed by atoms with E-state index in [-0.39, 0.29) is 29.4 Å². The van der Waals surface area contributed by atoms with Gasteiger partial charge >= 0.3 is 0 Å². The van der Waals surface area contributed by atoms with Crippen LogP contribution in [0.15, 0.2) is 47.9 Å². The molecule has 0 N–H and O–H groups in total. The van der Waals surface area contributed by atoms with Crippen LogP contribution in [0.2, 0.25) is 0 Å². The van der Waals surface area contributed by atoms with Gasteiger partial charge in [0, 0.05) is 57.2 Å². The third-order valence-electron chi connectivity index (χ3n) is 6.22. The Hall–Kier alpha value is -2.39. The molecule has 4 rings (SSSR count). The molecular weight excluding hydrogens is 414 g/mol. The smallest absolute Gasteiger partial charge is 0.262 e. The van der Waals surface area contributed by atoms with E-state index in [4.69, 9.17) is 0 Å². The van der Waals surface area contributed by atoms with Gasteiger partial charge in [-0.15, -0.1) is 0 Å². The van der Waals surface area contributed by atoms with Gasteiger partial charge in [-0.2, -0.15) is 4.31 Å². The Morgan fingerprint density at radius 1 is 1.06 bits per heavy atom. The zero-order valence-electron chi connectivity index (χ0n) is 18.2. The van der Waals surface area contributed by atoms with Crippen LogP contribution in [0, 0.1) is 5.92 Å². The lowest BCUT2D eigenvalue weighted by molar-refractivity contribution is -0.137. The number of benzene rings is 1. The predicted molar refractivity (Wildman–Crippen MR) is 119 cm³/mol. The van der Waals surface area contributed by atoms with E-state index >= 15 is 0 Å². The number of nitrogens with zero attached hydrogens (tertiary/aromatic N) is 5. The minimum atomic E-state index is -3.69. The second kappa shape index (κ2) is 9.00. The summed E-state index contributed by atoms with van der Waals surface area (Å²) in [6, 6.07) is 10.4. The van der Waals surface area contributed by atoms with Gasteiger partial charge in [0.05, 0.1) is 12.2 Å². The summed E-state index contributed by atoms with van der Waals surface area (Å²) in [5.41, 5.74) is 1.17. The number of sulfonamides is 1. The molecule has 2 aliphatic heterocycles. The van der Waals surface area contributed by atoms with E-state index < -0.39 is 10.0 Å². The number of hydrogen-bond donors (Lipinski definition) is 0. The first-order valence-corrected chi connectivity index (χ1v) is 12.4. The van der Waals surface area contributed by atoms with Crippen LogP contribution in [-0.2, 0) is 14.8 Å². The molecule has 168 valence electrons. The van der Waals surface area contributed by atoms with Crippen LogP contribution in [-0.4, -0.2) is 72.3 Å². The van der Waals surface area contributed by atoms with Crippen molar-refractivity contribution in [3.63, 3.8) is 0 Å². The third-order valence-corrected chi connectivity index (χ3v) is 7.98. The average molecular weight is 446 g/mol. The largest absolute Gasteiger partial charge is 0.368 e. The number of rotatable bonds is 5. The molecule has 0 unspecified atom stereocenters. The third kappa shape index (κ3) is 4.62. The molecule has 0 radical (unpaired) electrons. The average Bonchev–Trinajstić information content (AvgIpc) is 3.31. The maximum atomic E-state index is 13.2. The van der Waals surface area contributed by atoms with Crippen LogP contribution in [0.5, 0.6) is 0 Å². The summed E-state index contributed by atoms with van der Waals surface area (Å²) in [7, 11) is -3.69. The van der Waals surface area contributed by atoms with Crippen molar-refractivity contribution in [2.45, 2.75) is 37.8 Å². The number of piperidine rings is 1. The monoisotopic (exact) mass is 445 g/mol. The molecule has 2 aromatic rings. The van der Waals surface area contributed by atoms with Crippen molar-refractivity contribution in [1.82, 2.24) is 18.8 Å². The molecular formula is C22H31N5O3S. The van der Waals surface area contributed by atoms with E-state index in [9.17, 15) is 13.2 Å². The summed E-state index contributed by atoms with van der Waals surface area (Å²) in [4.78, 5) is 21.5. The van der Waals surface area contributed by atoms with Gasteiger partial charge in [0.15, 0.2) is 5.03 Å². The van der Waals surface area contributed by atoms with E-state index in [1.54, 1.807) is 17.1 Å². The molecule has 0 aliphatic carbocycles. The molecule has 3 heterocycles. The molecule has 2 saturated heterocycles. The maximum absolute atomic E-state index is 13.2.